The van der Waals surface area contributed by atoms with Crippen LogP contribution >= 0.6 is 0 Å². The fraction of sp³-hybridized carbons (Fsp3) is 1.00. The Labute approximate surface area is 125 Å². The van der Waals surface area contributed by atoms with Gasteiger partial charge in [-0.3, -0.25) is 0 Å². The van der Waals surface area contributed by atoms with Crippen molar-refractivity contribution < 1.29 is 18.9 Å². The quantitative estimate of drug-likeness (QED) is 0.492. The van der Waals surface area contributed by atoms with E-state index in [4.69, 9.17) is 18.9 Å². The van der Waals surface area contributed by atoms with Gasteiger partial charge in [-0.1, -0.05) is 6.92 Å². The summed E-state index contributed by atoms with van der Waals surface area (Å²) in [5.74, 6) is 0.390. The van der Waals surface area contributed by atoms with Crippen LogP contribution in [0.1, 0.15) is 41.0 Å². The van der Waals surface area contributed by atoms with E-state index < -0.39 is 0 Å². The molecule has 0 aromatic carbocycles. The minimum Gasteiger partial charge on any atom is -0.381 e. The Morgan fingerprint density at radius 3 is 1.45 bits per heavy atom. The molecule has 0 rings (SSSR count). The Hall–Kier alpha value is -0.160. The molecule has 0 amide bonds. The van der Waals surface area contributed by atoms with Gasteiger partial charge in [0.2, 0.25) is 0 Å². The molecule has 0 aromatic rings. The standard InChI is InChI=1S/C16H34O4/c1-6-17-11-15(12-18-7-2)10-16(5,13-19-8-3)14-20-9-4/h15H,6-14H2,1-5H3. The summed E-state index contributed by atoms with van der Waals surface area (Å²) in [5, 5.41) is 0. The minimum absolute atomic E-state index is 0.0187. The number of hydrogen-bond donors (Lipinski definition) is 0. The van der Waals surface area contributed by atoms with Gasteiger partial charge in [0.05, 0.1) is 26.4 Å². The van der Waals surface area contributed by atoms with E-state index in [0.717, 1.165) is 59.3 Å². The predicted molar refractivity (Wildman–Crippen MR) is 82.2 cm³/mol. The topological polar surface area (TPSA) is 36.9 Å². The van der Waals surface area contributed by atoms with Gasteiger partial charge in [-0.05, 0) is 34.1 Å². The smallest absolute Gasteiger partial charge is 0.0541 e. The molecule has 0 saturated carbocycles. The van der Waals surface area contributed by atoms with Gasteiger partial charge in [-0.25, -0.2) is 0 Å². The monoisotopic (exact) mass is 290 g/mol. The van der Waals surface area contributed by atoms with Crippen LogP contribution in [0.2, 0.25) is 0 Å². The summed E-state index contributed by atoms with van der Waals surface area (Å²) in [5.41, 5.74) is 0.0187. The minimum atomic E-state index is 0.0187. The molecule has 0 aromatic heterocycles. The number of ether oxygens (including phenoxy) is 4. The van der Waals surface area contributed by atoms with Crippen molar-refractivity contribution in [2.45, 2.75) is 41.0 Å². The molecule has 0 bridgehead atoms. The maximum atomic E-state index is 5.64. The zero-order valence-corrected chi connectivity index (χ0v) is 14.1. The molecule has 0 aliphatic carbocycles. The van der Waals surface area contributed by atoms with Gasteiger partial charge < -0.3 is 18.9 Å². The van der Waals surface area contributed by atoms with E-state index in [1.807, 2.05) is 27.7 Å². The van der Waals surface area contributed by atoms with Crippen molar-refractivity contribution in [1.82, 2.24) is 0 Å². The molecule has 0 spiro atoms. The molecule has 0 N–H and O–H groups in total. The van der Waals surface area contributed by atoms with Crippen LogP contribution < -0.4 is 0 Å². The SMILES string of the molecule is CCOCC(COCC)CC(C)(COCC)COCC. The van der Waals surface area contributed by atoms with Gasteiger partial charge in [0.1, 0.15) is 0 Å². The van der Waals surface area contributed by atoms with Crippen LogP contribution in [0.25, 0.3) is 0 Å². The molecular weight excluding hydrogens is 256 g/mol. The Morgan fingerprint density at radius 1 is 0.700 bits per heavy atom. The molecule has 0 aliphatic rings. The summed E-state index contributed by atoms with van der Waals surface area (Å²) in [6, 6.07) is 0. The molecule has 4 heteroatoms. The van der Waals surface area contributed by atoms with E-state index in [0.29, 0.717) is 5.92 Å². The zero-order valence-electron chi connectivity index (χ0n) is 14.1. The van der Waals surface area contributed by atoms with Crippen molar-refractivity contribution in [3.8, 4) is 0 Å². The second kappa shape index (κ2) is 12.6. The van der Waals surface area contributed by atoms with Gasteiger partial charge in [0, 0.05) is 37.8 Å². The first-order chi connectivity index (χ1) is 9.61. The van der Waals surface area contributed by atoms with E-state index in [1.165, 1.54) is 0 Å². The average Bonchev–Trinajstić information content (AvgIpc) is 2.46. The summed E-state index contributed by atoms with van der Waals surface area (Å²) in [6.07, 6.45) is 0.993. The van der Waals surface area contributed by atoms with E-state index >= 15 is 0 Å². The van der Waals surface area contributed by atoms with Gasteiger partial charge in [-0.2, -0.15) is 0 Å². The highest BCUT2D eigenvalue weighted by atomic mass is 16.5. The van der Waals surface area contributed by atoms with Crippen LogP contribution in [-0.2, 0) is 18.9 Å². The van der Waals surface area contributed by atoms with Crippen molar-refractivity contribution in [3.63, 3.8) is 0 Å². The Balaban J connectivity index is 4.48. The van der Waals surface area contributed by atoms with Gasteiger partial charge in [0.15, 0.2) is 0 Å². The van der Waals surface area contributed by atoms with Gasteiger partial charge in [-0.15, -0.1) is 0 Å². The molecule has 0 unspecified atom stereocenters. The van der Waals surface area contributed by atoms with Crippen molar-refractivity contribution in [1.29, 1.82) is 0 Å². The summed E-state index contributed by atoms with van der Waals surface area (Å²) in [6.45, 7) is 16.2. The van der Waals surface area contributed by atoms with Crippen LogP contribution in [0.3, 0.4) is 0 Å². The van der Waals surface area contributed by atoms with Crippen molar-refractivity contribution in [2.75, 3.05) is 52.9 Å². The lowest BCUT2D eigenvalue weighted by Crippen LogP contribution is -2.34. The average molecular weight is 290 g/mol. The lowest BCUT2D eigenvalue weighted by Gasteiger charge is -2.32. The predicted octanol–water partition coefficient (Wildman–Crippen LogP) is 3.15. The van der Waals surface area contributed by atoms with E-state index in [9.17, 15) is 0 Å². The molecular formula is C16H34O4. The second-order valence-electron chi connectivity index (χ2n) is 5.47. The highest BCUT2D eigenvalue weighted by Gasteiger charge is 2.29. The van der Waals surface area contributed by atoms with Crippen molar-refractivity contribution in [3.05, 3.63) is 0 Å². The van der Waals surface area contributed by atoms with Gasteiger partial charge in [0.25, 0.3) is 0 Å². The van der Waals surface area contributed by atoms with E-state index in [-0.39, 0.29) is 5.41 Å². The lowest BCUT2D eigenvalue weighted by atomic mass is 9.82. The molecule has 0 saturated heterocycles. The van der Waals surface area contributed by atoms with Crippen molar-refractivity contribution in [2.24, 2.45) is 11.3 Å². The third-order valence-corrected chi connectivity index (χ3v) is 3.21. The first kappa shape index (κ1) is 19.8. The Morgan fingerprint density at radius 2 is 1.10 bits per heavy atom. The molecule has 0 heterocycles. The Bertz CT molecular complexity index is 193. The molecule has 0 fully saturated rings. The maximum absolute atomic E-state index is 5.64. The highest BCUT2D eigenvalue weighted by molar-refractivity contribution is 4.78. The zero-order chi connectivity index (χ0) is 15.3. The summed E-state index contributed by atoms with van der Waals surface area (Å²) in [4.78, 5) is 0. The molecule has 0 aliphatic heterocycles. The van der Waals surface area contributed by atoms with E-state index in [2.05, 4.69) is 6.92 Å². The fourth-order valence-electron chi connectivity index (χ4n) is 2.29. The van der Waals surface area contributed by atoms with E-state index in [1.54, 1.807) is 0 Å². The third kappa shape index (κ3) is 9.70. The number of hydrogen-bond acceptors (Lipinski definition) is 4. The molecule has 0 atom stereocenters. The van der Waals surface area contributed by atoms with Crippen LogP contribution in [0.15, 0.2) is 0 Å². The fourth-order valence-corrected chi connectivity index (χ4v) is 2.29. The van der Waals surface area contributed by atoms with Crippen LogP contribution in [0, 0.1) is 11.3 Å². The van der Waals surface area contributed by atoms with Crippen molar-refractivity contribution >= 4 is 0 Å². The lowest BCUT2D eigenvalue weighted by molar-refractivity contribution is -0.0398. The summed E-state index contributed by atoms with van der Waals surface area (Å²) >= 11 is 0. The van der Waals surface area contributed by atoms with Gasteiger partial charge >= 0.3 is 0 Å². The first-order valence-corrected chi connectivity index (χ1v) is 7.92. The Kier molecular flexibility index (Phi) is 12.5. The molecule has 0 radical (unpaired) electrons. The maximum Gasteiger partial charge on any atom is 0.0541 e. The first-order valence-electron chi connectivity index (χ1n) is 7.92. The molecule has 20 heavy (non-hydrogen) atoms. The van der Waals surface area contributed by atoms with Crippen LogP contribution in [-0.4, -0.2) is 52.9 Å². The normalized spacial score (nSPS) is 12.3. The van der Waals surface area contributed by atoms with Crippen LogP contribution in [0.5, 0.6) is 0 Å². The molecule has 4 nitrogen and oxygen atoms in total. The highest BCUT2D eigenvalue weighted by Crippen LogP contribution is 2.28. The molecule has 122 valence electrons. The second-order valence-corrected chi connectivity index (χ2v) is 5.47. The van der Waals surface area contributed by atoms with Crippen LogP contribution in [0.4, 0.5) is 0 Å². The summed E-state index contributed by atoms with van der Waals surface area (Å²) in [7, 11) is 0. The number of rotatable bonds is 14. The summed E-state index contributed by atoms with van der Waals surface area (Å²) < 4.78 is 22.5. The third-order valence-electron chi connectivity index (χ3n) is 3.21. The largest absolute Gasteiger partial charge is 0.381 e.